The van der Waals surface area contributed by atoms with Crippen molar-refractivity contribution in [2.45, 2.75) is 0 Å². The van der Waals surface area contributed by atoms with Crippen LogP contribution in [0.3, 0.4) is 0 Å². The van der Waals surface area contributed by atoms with Crippen molar-refractivity contribution in [1.29, 1.82) is 0 Å². The number of nitrogens with one attached hydrogen (secondary N) is 1. The van der Waals surface area contributed by atoms with Crippen LogP contribution in [0.5, 0.6) is 0 Å². The predicted molar refractivity (Wildman–Crippen MR) is 85.9 cm³/mol. The maximum Gasteiger partial charge on any atom is 0.231 e. The molecule has 102 valence electrons. The van der Waals surface area contributed by atoms with Crippen molar-refractivity contribution in [3.8, 4) is 0 Å². The maximum absolute atomic E-state index is 4.35. The lowest BCUT2D eigenvalue weighted by atomic mass is 10.2. The predicted octanol–water partition coefficient (Wildman–Crippen LogP) is 3.06. The number of hydrogen-bond acceptors (Lipinski definition) is 1. The second-order valence-electron chi connectivity index (χ2n) is 4.08. The average Bonchev–Trinajstić information content (AvgIpc) is 2.53. The highest BCUT2D eigenvalue weighted by atomic mass is 15.3. The van der Waals surface area contributed by atoms with E-state index in [1.165, 1.54) is 0 Å². The van der Waals surface area contributed by atoms with Gasteiger partial charge in [-0.2, -0.15) is 0 Å². The first-order valence-electron chi connectivity index (χ1n) is 6.43. The maximum atomic E-state index is 4.35. The Balaban J connectivity index is 2.47. The Morgan fingerprint density at radius 1 is 0.950 bits per heavy atom. The number of nitrogens with zero attached hydrogens (tertiary/aromatic N) is 3. The molecule has 0 heterocycles. The first-order chi connectivity index (χ1) is 9.86. The number of benzene rings is 2. The molecule has 2 aromatic carbocycles. The molecule has 2 aromatic rings. The monoisotopic (exact) mass is 266 g/mol. The van der Waals surface area contributed by atoms with Crippen LogP contribution in [0.1, 0.15) is 0 Å². The van der Waals surface area contributed by atoms with Gasteiger partial charge in [-0.1, -0.05) is 36.4 Å². The Labute approximate surface area is 119 Å². The minimum absolute atomic E-state index is 0.622. The van der Waals surface area contributed by atoms with Gasteiger partial charge in [-0.25, -0.2) is 4.99 Å². The third-order valence-electron chi connectivity index (χ3n) is 2.74. The van der Waals surface area contributed by atoms with Crippen LogP contribution in [0, 0.1) is 0 Å². The zero-order valence-corrected chi connectivity index (χ0v) is 11.7. The highest BCUT2D eigenvalue weighted by Crippen LogP contribution is 2.25. The van der Waals surface area contributed by atoms with E-state index in [0.29, 0.717) is 5.96 Å². The summed E-state index contributed by atoms with van der Waals surface area (Å²) >= 11 is 0. The first kappa shape index (κ1) is 13.8. The molecular formula is C16H18N4. The quantitative estimate of drug-likeness (QED) is 0.685. The topological polar surface area (TPSA) is 40.0 Å². The Kier molecular flexibility index (Phi) is 4.89. The van der Waals surface area contributed by atoms with Gasteiger partial charge in [0.05, 0.1) is 6.34 Å². The Bertz CT molecular complexity index is 536. The van der Waals surface area contributed by atoms with E-state index in [-0.39, 0.29) is 0 Å². The van der Waals surface area contributed by atoms with Gasteiger partial charge in [0, 0.05) is 25.5 Å². The Morgan fingerprint density at radius 2 is 1.45 bits per heavy atom. The van der Waals surface area contributed by atoms with Gasteiger partial charge >= 0.3 is 0 Å². The van der Waals surface area contributed by atoms with Crippen LogP contribution >= 0.6 is 0 Å². The van der Waals surface area contributed by atoms with Crippen molar-refractivity contribution < 1.29 is 0 Å². The van der Waals surface area contributed by atoms with Crippen molar-refractivity contribution in [3.63, 3.8) is 0 Å². The number of rotatable bonds is 3. The molecule has 0 radical (unpaired) electrons. The molecule has 0 atom stereocenters. The lowest BCUT2D eigenvalue weighted by Gasteiger charge is -2.23. The molecule has 0 aliphatic heterocycles. The zero-order valence-electron chi connectivity index (χ0n) is 11.7. The van der Waals surface area contributed by atoms with Gasteiger partial charge < -0.3 is 5.32 Å². The number of para-hydroxylation sites is 2. The van der Waals surface area contributed by atoms with E-state index < -0.39 is 0 Å². The summed E-state index contributed by atoms with van der Waals surface area (Å²) in [5.74, 6) is 0.622. The van der Waals surface area contributed by atoms with E-state index in [9.17, 15) is 0 Å². The number of anilines is 2. The molecule has 4 nitrogen and oxygen atoms in total. The van der Waals surface area contributed by atoms with Crippen LogP contribution in [0.25, 0.3) is 0 Å². The van der Waals surface area contributed by atoms with Gasteiger partial charge in [-0.15, -0.1) is 0 Å². The lowest BCUT2D eigenvalue weighted by Crippen LogP contribution is -2.25. The third-order valence-corrected chi connectivity index (χ3v) is 2.74. The van der Waals surface area contributed by atoms with Crippen LogP contribution in [-0.2, 0) is 0 Å². The average molecular weight is 266 g/mol. The fourth-order valence-electron chi connectivity index (χ4n) is 1.87. The van der Waals surface area contributed by atoms with Crippen molar-refractivity contribution >= 4 is 23.7 Å². The zero-order chi connectivity index (χ0) is 14.2. The second kappa shape index (κ2) is 7.09. The number of aliphatic imine (C=N–C) groups is 2. The summed E-state index contributed by atoms with van der Waals surface area (Å²) in [4.78, 5) is 10.6. The standard InChI is InChI=1S/C16H18N4/c1-17-13-19-16(18-2)20(14-9-5-3-6-10-14)15-11-7-4-8-12-15/h3-13H,1-2H3,(H,17,18,19). The van der Waals surface area contributed by atoms with Gasteiger partial charge in [-0.3, -0.25) is 9.89 Å². The molecule has 0 aliphatic rings. The van der Waals surface area contributed by atoms with E-state index in [4.69, 9.17) is 0 Å². The molecule has 1 N–H and O–H groups in total. The van der Waals surface area contributed by atoms with Crippen LogP contribution < -0.4 is 10.2 Å². The molecule has 4 heteroatoms. The minimum Gasteiger partial charge on any atom is -0.379 e. The number of guanidine groups is 1. The van der Waals surface area contributed by atoms with Gasteiger partial charge in [0.25, 0.3) is 0 Å². The van der Waals surface area contributed by atoms with Gasteiger partial charge in [-0.05, 0) is 24.3 Å². The fourth-order valence-corrected chi connectivity index (χ4v) is 1.87. The first-order valence-corrected chi connectivity index (χ1v) is 6.43. The molecule has 0 aromatic heterocycles. The lowest BCUT2D eigenvalue weighted by molar-refractivity contribution is 1.19. The summed E-state index contributed by atoms with van der Waals surface area (Å²) in [7, 11) is 3.55. The molecule has 0 bridgehead atoms. The minimum atomic E-state index is 0.622. The normalized spacial score (nSPS) is 11.6. The molecule has 0 saturated carbocycles. The van der Waals surface area contributed by atoms with E-state index in [2.05, 4.69) is 15.3 Å². The SMILES string of the molecule is C/N=C(\N=C/NC)N(c1ccccc1)c1ccccc1. The third kappa shape index (κ3) is 3.23. The van der Waals surface area contributed by atoms with E-state index in [1.54, 1.807) is 13.4 Å². The van der Waals surface area contributed by atoms with Gasteiger partial charge in [0.15, 0.2) is 0 Å². The molecule has 0 spiro atoms. The summed E-state index contributed by atoms with van der Waals surface area (Å²) in [6, 6.07) is 20.1. The smallest absolute Gasteiger partial charge is 0.231 e. The fraction of sp³-hybridized carbons (Fsp3) is 0.125. The van der Waals surface area contributed by atoms with E-state index in [0.717, 1.165) is 11.4 Å². The van der Waals surface area contributed by atoms with Gasteiger partial charge in [0.1, 0.15) is 0 Å². The summed E-state index contributed by atoms with van der Waals surface area (Å²) in [6.07, 6.45) is 1.63. The molecular weight excluding hydrogens is 248 g/mol. The van der Waals surface area contributed by atoms with Crippen LogP contribution in [0.2, 0.25) is 0 Å². The Morgan fingerprint density at radius 3 is 1.85 bits per heavy atom. The largest absolute Gasteiger partial charge is 0.379 e. The molecule has 0 unspecified atom stereocenters. The second-order valence-corrected chi connectivity index (χ2v) is 4.08. The molecule has 2 rings (SSSR count). The van der Waals surface area contributed by atoms with Crippen molar-refractivity contribution in [2.75, 3.05) is 19.0 Å². The summed E-state index contributed by atoms with van der Waals surface area (Å²) in [5, 5.41) is 2.89. The molecule has 20 heavy (non-hydrogen) atoms. The Hall–Kier alpha value is -2.62. The van der Waals surface area contributed by atoms with Crippen molar-refractivity contribution in [3.05, 3.63) is 60.7 Å². The molecule has 0 fully saturated rings. The van der Waals surface area contributed by atoms with E-state index in [1.807, 2.05) is 72.6 Å². The highest BCUT2D eigenvalue weighted by molar-refractivity contribution is 6.05. The highest BCUT2D eigenvalue weighted by Gasteiger charge is 2.14. The van der Waals surface area contributed by atoms with Crippen LogP contribution in [0.4, 0.5) is 11.4 Å². The summed E-state index contributed by atoms with van der Waals surface area (Å²) in [6.45, 7) is 0. The number of hydrogen-bond donors (Lipinski definition) is 1. The van der Waals surface area contributed by atoms with Crippen LogP contribution in [-0.4, -0.2) is 26.4 Å². The molecule has 0 amide bonds. The van der Waals surface area contributed by atoms with Gasteiger partial charge in [0.2, 0.25) is 5.96 Å². The van der Waals surface area contributed by atoms with Crippen LogP contribution in [0.15, 0.2) is 70.6 Å². The van der Waals surface area contributed by atoms with Crippen molar-refractivity contribution in [1.82, 2.24) is 5.32 Å². The summed E-state index contributed by atoms with van der Waals surface area (Å²) in [5.41, 5.74) is 2.04. The van der Waals surface area contributed by atoms with Crippen molar-refractivity contribution in [2.24, 2.45) is 9.98 Å². The molecule has 0 saturated heterocycles. The molecule has 0 aliphatic carbocycles. The summed E-state index contributed by atoms with van der Waals surface area (Å²) < 4.78 is 0. The van der Waals surface area contributed by atoms with E-state index >= 15 is 0 Å².